The number of hydrogen-bond donors (Lipinski definition) is 0. The smallest absolute Gasteiger partial charge is 0.0644 e. The summed E-state index contributed by atoms with van der Waals surface area (Å²) in [6.07, 6.45) is 5.16. The first-order chi connectivity index (χ1) is 8.71. The maximum Gasteiger partial charge on any atom is 0.0644 e. The highest BCUT2D eigenvalue weighted by molar-refractivity contribution is 6.22. The number of fused-ring (bicyclic) bond motifs is 1. The Kier molecular flexibility index (Phi) is 3.07. The second-order valence-corrected chi connectivity index (χ2v) is 6.23. The average molecular weight is 259 g/mol. The van der Waals surface area contributed by atoms with Crippen LogP contribution in [0.25, 0.3) is 10.8 Å². The van der Waals surface area contributed by atoms with Gasteiger partial charge >= 0.3 is 0 Å². The molecule has 1 unspecified atom stereocenters. The van der Waals surface area contributed by atoms with E-state index >= 15 is 0 Å². The van der Waals surface area contributed by atoms with Crippen LogP contribution in [-0.4, -0.2) is 0 Å². The highest BCUT2D eigenvalue weighted by atomic mass is 35.5. The maximum absolute atomic E-state index is 6.83. The van der Waals surface area contributed by atoms with E-state index in [9.17, 15) is 0 Å². The van der Waals surface area contributed by atoms with E-state index in [1.807, 2.05) is 0 Å². The summed E-state index contributed by atoms with van der Waals surface area (Å²) in [4.78, 5) is 0. The standard InChI is InChI=1S/C17H19Cl/c1-17(11-4-5-12-17)16(18)15-10-6-8-13-7-2-3-9-14(13)15/h2-3,6-10,16H,4-5,11-12H2,1H3. The molecular weight excluding hydrogens is 240 g/mol. The number of alkyl halides is 1. The van der Waals surface area contributed by atoms with E-state index in [1.165, 1.54) is 42.0 Å². The fourth-order valence-corrected chi connectivity index (χ4v) is 3.69. The zero-order valence-electron chi connectivity index (χ0n) is 10.8. The number of halogens is 1. The molecule has 94 valence electrons. The van der Waals surface area contributed by atoms with Crippen LogP contribution in [0.2, 0.25) is 0 Å². The lowest BCUT2D eigenvalue weighted by atomic mass is 9.80. The molecule has 0 aromatic heterocycles. The van der Waals surface area contributed by atoms with Crippen LogP contribution in [0.5, 0.6) is 0 Å². The Morgan fingerprint density at radius 1 is 1.00 bits per heavy atom. The van der Waals surface area contributed by atoms with E-state index < -0.39 is 0 Å². The summed E-state index contributed by atoms with van der Waals surface area (Å²) in [5.74, 6) is 0. The van der Waals surface area contributed by atoms with Gasteiger partial charge in [-0.2, -0.15) is 0 Å². The molecule has 0 amide bonds. The lowest BCUT2D eigenvalue weighted by Gasteiger charge is -2.30. The third-order valence-corrected chi connectivity index (χ3v) is 5.22. The van der Waals surface area contributed by atoms with Gasteiger partial charge in [0, 0.05) is 0 Å². The van der Waals surface area contributed by atoms with E-state index in [0.29, 0.717) is 0 Å². The van der Waals surface area contributed by atoms with Crippen molar-refractivity contribution in [3.8, 4) is 0 Å². The lowest BCUT2D eigenvalue weighted by Crippen LogP contribution is -2.18. The van der Waals surface area contributed by atoms with Crippen molar-refractivity contribution in [3.05, 3.63) is 48.0 Å². The third-order valence-electron chi connectivity index (χ3n) is 4.45. The molecule has 2 aromatic rings. The molecule has 3 rings (SSSR count). The molecule has 0 nitrogen and oxygen atoms in total. The van der Waals surface area contributed by atoms with Gasteiger partial charge in [-0.1, -0.05) is 62.2 Å². The Labute approximate surface area is 114 Å². The largest absolute Gasteiger partial charge is 0.117 e. The Balaban J connectivity index is 2.08. The van der Waals surface area contributed by atoms with Gasteiger partial charge in [-0.25, -0.2) is 0 Å². The molecule has 0 spiro atoms. The molecule has 0 aliphatic heterocycles. The second-order valence-electron chi connectivity index (χ2n) is 5.79. The number of benzene rings is 2. The maximum atomic E-state index is 6.83. The predicted octanol–water partition coefficient (Wildman–Crippen LogP) is 5.70. The quantitative estimate of drug-likeness (QED) is 0.606. The SMILES string of the molecule is CC1(C(Cl)c2cccc3ccccc23)CCCC1. The van der Waals surface area contributed by atoms with Gasteiger partial charge in [-0.15, -0.1) is 11.6 Å². The molecule has 1 saturated carbocycles. The highest BCUT2D eigenvalue weighted by Crippen LogP contribution is 2.51. The van der Waals surface area contributed by atoms with Gasteiger partial charge < -0.3 is 0 Å². The fourth-order valence-electron chi connectivity index (χ4n) is 3.28. The van der Waals surface area contributed by atoms with Crippen LogP contribution < -0.4 is 0 Å². The van der Waals surface area contributed by atoms with Crippen LogP contribution in [0.1, 0.15) is 43.5 Å². The van der Waals surface area contributed by atoms with Crippen molar-refractivity contribution < 1.29 is 0 Å². The van der Waals surface area contributed by atoms with Gasteiger partial charge in [0.2, 0.25) is 0 Å². The van der Waals surface area contributed by atoms with E-state index in [4.69, 9.17) is 11.6 Å². The van der Waals surface area contributed by atoms with Crippen molar-refractivity contribution >= 4 is 22.4 Å². The molecular formula is C17H19Cl. The van der Waals surface area contributed by atoms with Gasteiger partial charge in [0.1, 0.15) is 0 Å². The molecule has 18 heavy (non-hydrogen) atoms. The van der Waals surface area contributed by atoms with E-state index in [-0.39, 0.29) is 10.8 Å². The van der Waals surface area contributed by atoms with Gasteiger partial charge in [0.15, 0.2) is 0 Å². The van der Waals surface area contributed by atoms with Gasteiger partial charge in [0.05, 0.1) is 5.38 Å². The van der Waals surface area contributed by atoms with Crippen LogP contribution in [0, 0.1) is 5.41 Å². The van der Waals surface area contributed by atoms with Gasteiger partial charge in [-0.3, -0.25) is 0 Å². The number of hydrogen-bond acceptors (Lipinski definition) is 0. The van der Waals surface area contributed by atoms with Crippen LogP contribution in [0.3, 0.4) is 0 Å². The average Bonchev–Trinajstić information content (AvgIpc) is 2.85. The number of rotatable bonds is 2. The van der Waals surface area contributed by atoms with Crippen molar-refractivity contribution in [3.63, 3.8) is 0 Å². The normalized spacial score (nSPS) is 20.1. The Hall–Kier alpha value is -1.01. The molecule has 0 radical (unpaired) electrons. The summed E-state index contributed by atoms with van der Waals surface area (Å²) < 4.78 is 0. The summed E-state index contributed by atoms with van der Waals surface area (Å²) >= 11 is 6.83. The van der Waals surface area contributed by atoms with Crippen molar-refractivity contribution in [1.29, 1.82) is 0 Å². The molecule has 0 bridgehead atoms. The molecule has 0 N–H and O–H groups in total. The molecule has 1 fully saturated rings. The molecule has 0 saturated heterocycles. The van der Waals surface area contributed by atoms with E-state index in [0.717, 1.165) is 0 Å². The Morgan fingerprint density at radius 3 is 2.44 bits per heavy atom. The van der Waals surface area contributed by atoms with Crippen molar-refractivity contribution in [2.75, 3.05) is 0 Å². The Morgan fingerprint density at radius 2 is 1.67 bits per heavy atom. The Bertz CT molecular complexity index is 547. The first-order valence-corrected chi connectivity index (χ1v) is 7.26. The van der Waals surface area contributed by atoms with E-state index in [1.54, 1.807) is 0 Å². The lowest BCUT2D eigenvalue weighted by molar-refractivity contribution is 0.323. The van der Waals surface area contributed by atoms with Crippen LogP contribution in [0.4, 0.5) is 0 Å². The van der Waals surface area contributed by atoms with Crippen LogP contribution >= 0.6 is 11.6 Å². The van der Waals surface area contributed by atoms with Gasteiger partial charge in [0.25, 0.3) is 0 Å². The minimum atomic E-state index is 0.131. The monoisotopic (exact) mass is 258 g/mol. The summed E-state index contributed by atoms with van der Waals surface area (Å²) in [6.45, 7) is 2.35. The first kappa shape index (κ1) is 12.0. The zero-order valence-corrected chi connectivity index (χ0v) is 11.6. The van der Waals surface area contributed by atoms with Crippen molar-refractivity contribution in [2.24, 2.45) is 5.41 Å². The molecule has 2 aromatic carbocycles. The summed E-state index contributed by atoms with van der Waals surface area (Å²) in [7, 11) is 0. The summed E-state index contributed by atoms with van der Waals surface area (Å²) in [5, 5.41) is 2.74. The third kappa shape index (κ3) is 1.93. The van der Waals surface area contributed by atoms with Crippen LogP contribution in [-0.2, 0) is 0 Å². The van der Waals surface area contributed by atoms with E-state index in [2.05, 4.69) is 49.4 Å². The van der Waals surface area contributed by atoms with Crippen LogP contribution in [0.15, 0.2) is 42.5 Å². The molecule has 1 aliphatic carbocycles. The minimum Gasteiger partial charge on any atom is -0.117 e. The first-order valence-electron chi connectivity index (χ1n) is 6.82. The molecule has 1 atom stereocenters. The summed E-state index contributed by atoms with van der Waals surface area (Å²) in [6, 6.07) is 15.0. The highest BCUT2D eigenvalue weighted by Gasteiger charge is 2.37. The van der Waals surface area contributed by atoms with Crippen molar-refractivity contribution in [1.82, 2.24) is 0 Å². The molecule has 1 heteroatoms. The molecule has 0 heterocycles. The predicted molar refractivity (Wildman–Crippen MR) is 79.1 cm³/mol. The second kappa shape index (κ2) is 4.59. The summed E-state index contributed by atoms with van der Waals surface area (Å²) in [5.41, 5.74) is 1.57. The van der Waals surface area contributed by atoms with Gasteiger partial charge in [-0.05, 0) is 34.6 Å². The van der Waals surface area contributed by atoms with Crippen molar-refractivity contribution in [2.45, 2.75) is 38.0 Å². The minimum absolute atomic E-state index is 0.131. The fraction of sp³-hybridized carbons (Fsp3) is 0.412. The molecule has 1 aliphatic rings. The zero-order chi connectivity index (χ0) is 12.6. The topological polar surface area (TPSA) is 0 Å².